The van der Waals surface area contributed by atoms with Crippen LogP contribution in [-0.2, 0) is 0 Å². The molecule has 3 rings (SSSR count). The monoisotopic (exact) mass is 305 g/mol. The van der Waals surface area contributed by atoms with E-state index in [0.717, 1.165) is 5.56 Å². The van der Waals surface area contributed by atoms with E-state index in [1.54, 1.807) is 13.0 Å². The molecule has 0 amide bonds. The van der Waals surface area contributed by atoms with Crippen molar-refractivity contribution < 1.29 is 14.3 Å². The zero-order valence-corrected chi connectivity index (χ0v) is 11.6. The fourth-order valence-corrected chi connectivity index (χ4v) is 2.38. The van der Waals surface area contributed by atoms with E-state index < -0.39 is 11.8 Å². The summed E-state index contributed by atoms with van der Waals surface area (Å²) in [6, 6.07) is 5.74. The number of pyridine rings is 1. The second-order valence-electron chi connectivity index (χ2n) is 4.62. The number of carbonyl (C=O) groups is 1. The molecule has 0 saturated carbocycles. The van der Waals surface area contributed by atoms with Crippen molar-refractivity contribution in [2.24, 2.45) is 0 Å². The van der Waals surface area contributed by atoms with Crippen molar-refractivity contribution in [3.8, 4) is 11.4 Å². The number of aromatic carboxylic acids is 1. The molecule has 0 spiro atoms. The third-order valence-corrected chi connectivity index (χ3v) is 3.29. The average Bonchev–Trinajstić information content (AvgIpc) is 2.81. The van der Waals surface area contributed by atoms with E-state index in [1.807, 2.05) is 0 Å². The molecule has 2 heterocycles. The van der Waals surface area contributed by atoms with Gasteiger partial charge in [0.1, 0.15) is 5.82 Å². The predicted octanol–water partition coefficient (Wildman–Crippen LogP) is 3.20. The van der Waals surface area contributed by atoms with E-state index >= 15 is 0 Å². The zero-order chi connectivity index (χ0) is 15.1. The van der Waals surface area contributed by atoms with Crippen molar-refractivity contribution in [3.63, 3.8) is 0 Å². The lowest BCUT2D eigenvalue weighted by Gasteiger charge is -2.04. The molecule has 3 aromatic rings. The van der Waals surface area contributed by atoms with Crippen LogP contribution in [0.1, 0.15) is 15.9 Å². The number of hydrogen-bond acceptors (Lipinski definition) is 3. The van der Waals surface area contributed by atoms with Crippen molar-refractivity contribution >= 4 is 23.2 Å². The standard InChI is InChI=1S/C14H9ClFN3O2/c1-7-2-8(4-10(16)3-7)12-17-18-13-11(15)5-9(14(20)21)6-19(12)13/h2-6H,1H3,(H,20,21). The molecule has 0 saturated heterocycles. The molecule has 0 aliphatic carbocycles. The number of halogens is 2. The highest BCUT2D eigenvalue weighted by Crippen LogP contribution is 2.25. The highest BCUT2D eigenvalue weighted by Gasteiger charge is 2.15. The van der Waals surface area contributed by atoms with Crippen LogP contribution in [0, 0.1) is 12.7 Å². The third kappa shape index (κ3) is 2.34. The van der Waals surface area contributed by atoms with Gasteiger partial charge in [-0.3, -0.25) is 4.40 Å². The minimum Gasteiger partial charge on any atom is -0.478 e. The Morgan fingerprint density at radius 1 is 1.29 bits per heavy atom. The van der Waals surface area contributed by atoms with Gasteiger partial charge in [0.2, 0.25) is 0 Å². The number of aryl methyl sites for hydroxylation is 1. The lowest BCUT2D eigenvalue weighted by molar-refractivity contribution is 0.0696. The van der Waals surface area contributed by atoms with Crippen molar-refractivity contribution in [3.05, 3.63) is 52.4 Å². The van der Waals surface area contributed by atoms with Gasteiger partial charge in [-0.2, -0.15) is 0 Å². The van der Waals surface area contributed by atoms with Crippen molar-refractivity contribution in [1.29, 1.82) is 0 Å². The Kier molecular flexibility index (Phi) is 3.10. The van der Waals surface area contributed by atoms with Gasteiger partial charge in [0.15, 0.2) is 11.5 Å². The van der Waals surface area contributed by atoms with Gasteiger partial charge in [-0.1, -0.05) is 11.6 Å². The second kappa shape index (κ2) is 4.82. The zero-order valence-electron chi connectivity index (χ0n) is 10.8. The summed E-state index contributed by atoms with van der Waals surface area (Å²) in [5.74, 6) is -1.19. The van der Waals surface area contributed by atoms with E-state index in [9.17, 15) is 9.18 Å². The van der Waals surface area contributed by atoms with Gasteiger partial charge in [0, 0.05) is 11.8 Å². The van der Waals surface area contributed by atoms with Crippen LogP contribution < -0.4 is 0 Å². The van der Waals surface area contributed by atoms with Crippen LogP contribution in [-0.4, -0.2) is 25.7 Å². The maximum absolute atomic E-state index is 13.5. The molecule has 106 valence electrons. The topological polar surface area (TPSA) is 67.5 Å². The van der Waals surface area contributed by atoms with E-state index in [2.05, 4.69) is 10.2 Å². The minimum atomic E-state index is -1.12. The van der Waals surface area contributed by atoms with Crippen LogP contribution in [0.3, 0.4) is 0 Å². The largest absolute Gasteiger partial charge is 0.478 e. The van der Waals surface area contributed by atoms with Crippen LogP contribution >= 0.6 is 11.6 Å². The number of hydrogen-bond donors (Lipinski definition) is 1. The molecule has 1 aromatic carbocycles. The van der Waals surface area contributed by atoms with Crippen LogP contribution in [0.15, 0.2) is 30.5 Å². The summed E-state index contributed by atoms with van der Waals surface area (Å²) in [5.41, 5.74) is 1.54. The fraction of sp³-hybridized carbons (Fsp3) is 0.0714. The molecule has 5 nitrogen and oxygen atoms in total. The van der Waals surface area contributed by atoms with E-state index in [-0.39, 0.29) is 10.6 Å². The van der Waals surface area contributed by atoms with Crippen LogP contribution in [0.25, 0.3) is 17.0 Å². The van der Waals surface area contributed by atoms with E-state index in [0.29, 0.717) is 17.0 Å². The summed E-state index contributed by atoms with van der Waals surface area (Å²) in [4.78, 5) is 11.1. The summed E-state index contributed by atoms with van der Waals surface area (Å²) < 4.78 is 15.0. The summed E-state index contributed by atoms with van der Waals surface area (Å²) in [7, 11) is 0. The normalized spacial score (nSPS) is 11.0. The van der Waals surface area contributed by atoms with Crippen molar-refractivity contribution in [2.75, 3.05) is 0 Å². The van der Waals surface area contributed by atoms with Crippen molar-refractivity contribution in [2.45, 2.75) is 6.92 Å². The molecular weight excluding hydrogens is 297 g/mol. The van der Waals surface area contributed by atoms with Crippen LogP contribution in [0.2, 0.25) is 5.02 Å². The molecule has 7 heteroatoms. The molecule has 0 bridgehead atoms. The highest BCUT2D eigenvalue weighted by molar-refractivity contribution is 6.33. The Labute approximate surface area is 123 Å². The predicted molar refractivity (Wildman–Crippen MR) is 75.1 cm³/mol. The first-order valence-electron chi connectivity index (χ1n) is 6.01. The molecule has 0 fully saturated rings. The van der Waals surface area contributed by atoms with Gasteiger partial charge >= 0.3 is 5.97 Å². The third-order valence-electron chi connectivity index (χ3n) is 3.01. The number of carboxylic acids is 1. The van der Waals surface area contributed by atoms with Gasteiger partial charge in [0.25, 0.3) is 0 Å². The summed E-state index contributed by atoms with van der Waals surface area (Å²) in [6.07, 6.45) is 1.36. The first kappa shape index (κ1) is 13.5. The SMILES string of the molecule is Cc1cc(F)cc(-c2nnc3c(Cl)cc(C(=O)O)cn23)c1. The van der Waals surface area contributed by atoms with Gasteiger partial charge in [-0.15, -0.1) is 10.2 Å². The molecular formula is C14H9ClFN3O2. The van der Waals surface area contributed by atoms with Gasteiger partial charge in [-0.05, 0) is 36.8 Å². The Morgan fingerprint density at radius 3 is 2.71 bits per heavy atom. The average molecular weight is 306 g/mol. The number of carboxylic acid groups (broad SMARTS) is 1. The lowest BCUT2D eigenvalue weighted by Crippen LogP contribution is -2.00. The minimum absolute atomic E-state index is 0.00155. The Balaban J connectivity index is 2.30. The number of nitrogens with zero attached hydrogens (tertiary/aromatic N) is 3. The smallest absolute Gasteiger partial charge is 0.337 e. The Bertz CT molecular complexity index is 856. The molecule has 21 heavy (non-hydrogen) atoms. The number of rotatable bonds is 2. The van der Waals surface area contributed by atoms with Gasteiger partial charge < -0.3 is 5.11 Å². The first-order valence-corrected chi connectivity index (χ1v) is 6.38. The van der Waals surface area contributed by atoms with Crippen LogP contribution in [0.5, 0.6) is 0 Å². The molecule has 0 atom stereocenters. The molecule has 0 radical (unpaired) electrons. The van der Waals surface area contributed by atoms with Crippen LogP contribution in [0.4, 0.5) is 4.39 Å². The molecule has 2 aromatic heterocycles. The molecule has 1 N–H and O–H groups in total. The molecule has 0 unspecified atom stereocenters. The van der Waals surface area contributed by atoms with E-state index in [4.69, 9.17) is 16.7 Å². The highest BCUT2D eigenvalue weighted by atomic mass is 35.5. The van der Waals surface area contributed by atoms with E-state index in [1.165, 1.54) is 28.8 Å². The van der Waals surface area contributed by atoms with Gasteiger partial charge in [0.05, 0.1) is 10.6 Å². The Morgan fingerprint density at radius 2 is 2.05 bits per heavy atom. The quantitative estimate of drug-likeness (QED) is 0.789. The maximum Gasteiger partial charge on any atom is 0.337 e. The Hall–Kier alpha value is -2.47. The molecule has 0 aliphatic rings. The number of fused-ring (bicyclic) bond motifs is 1. The maximum atomic E-state index is 13.5. The number of aromatic nitrogens is 3. The fourth-order valence-electron chi connectivity index (χ4n) is 2.13. The van der Waals surface area contributed by atoms with Gasteiger partial charge in [-0.25, -0.2) is 9.18 Å². The van der Waals surface area contributed by atoms with Crippen molar-refractivity contribution in [1.82, 2.24) is 14.6 Å². The summed E-state index contributed by atoms with van der Waals surface area (Å²) in [5, 5.41) is 17.1. The second-order valence-corrected chi connectivity index (χ2v) is 5.02. The summed E-state index contributed by atoms with van der Waals surface area (Å²) in [6.45, 7) is 1.76. The summed E-state index contributed by atoms with van der Waals surface area (Å²) >= 11 is 6.01. The first-order chi connectivity index (χ1) is 9.95. The number of benzene rings is 1. The lowest BCUT2D eigenvalue weighted by atomic mass is 10.1. The molecule has 0 aliphatic heterocycles.